The van der Waals surface area contributed by atoms with Crippen molar-refractivity contribution in [2.24, 2.45) is 5.92 Å². The largest absolute Gasteiger partial charge is 0.444 e. The van der Waals surface area contributed by atoms with Gasteiger partial charge in [0, 0.05) is 19.1 Å². The first-order valence-corrected chi connectivity index (χ1v) is 5.47. The van der Waals surface area contributed by atoms with Crippen molar-refractivity contribution in [1.82, 2.24) is 5.32 Å². The fraction of sp³-hybridized carbons (Fsp3) is 0.909. The van der Waals surface area contributed by atoms with Gasteiger partial charge in [0.05, 0.1) is 6.10 Å². The van der Waals surface area contributed by atoms with Gasteiger partial charge in [-0.1, -0.05) is 0 Å². The first-order chi connectivity index (χ1) is 6.88. The van der Waals surface area contributed by atoms with Gasteiger partial charge in [-0.25, -0.2) is 4.79 Å². The number of rotatable bonds is 2. The lowest BCUT2D eigenvalue weighted by molar-refractivity contribution is 0.0505. The second kappa shape index (κ2) is 4.84. The Labute approximate surface area is 91.3 Å². The average Bonchev–Trinajstić information content (AvgIpc) is 2.44. The Balaban J connectivity index is 2.22. The Bertz CT molecular complexity index is 222. The molecule has 1 fully saturated rings. The molecule has 1 N–H and O–H groups in total. The molecular weight excluding hydrogens is 194 g/mol. The number of hydrogen-bond acceptors (Lipinski definition) is 3. The molecule has 88 valence electrons. The third-order valence-corrected chi connectivity index (χ3v) is 2.44. The fourth-order valence-corrected chi connectivity index (χ4v) is 1.57. The summed E-state index contributed by atoms with van der Waals surface area (Å²) < 4.78 is 10.5. The molecule has 0 bridgehead atoms. The predicted octanol–water partition coefficient (Wildman–Crippen LogP) is 1.94. The van der Waals surface area contributed by atoms with Crippen LogP contribution in [0.4, 0.5) is 4.79 Å². The lowest BCUT2D eigenvalue weighted by Crippen LogP contribution is -2.36. The number of carbonyl (C=O) groups excluding carboxylic acids is 1. The Morgan fingerprint density at radius 3 is 2.67 bits per heavy atom. The monoisotopic (exact) mass is 215 g/mol. The van der Waals surface area contributed by atoms with E-state index in [1.165, 1.54) is 0 Å². The molecule has 1 aliphatic rings. The van der Waals surface area contributed by atoms with Crippen LogP contribution in [0.2, 0.25) is 0 Å². The minimum atomic E-state index is -0.429. The van der Waals surface area contributed by atoms with E-state index in [9.17, 15) is 4.79 Å². The number of ether oxygens (including phenoxy) is 2. The van der Waals surface area contributed by atoms with Crippen molar-refractivity contribution in [3.63, 3.8) is 0 Å². The Hall–Kier alpha value is -0.770. The van der Waals surface area contributed by atoms with Gasteiger partial charge in [0.15, 0.2) is 0 Å². The van der Waals surface area contributed by atoms with Crippen LogP contribution in [0.15, 0.2) is 0 Å². The van der Waals surface area contributed by atoms with Crippen molar-refractivity contribution >= 4 is 6.09 Å². The van der Waals surface area contributed by atoms with Gasteiger partial charge in [0.2, 0.25) is 0 Å². The van der Waals surface area contributed by atoms with Gasteiger partial charge in [-0.15, -0.1) is 0 Å². The lowest BCUT2D eigenvalue weighted by Gasteiger charge is -2.21. The molecular formula is C11H21NO3. The molecule has 2 unspecified atom stereocenters. The molecule has 1 aliphatic heterocycles. The highest BCUT2D eigenvalue weighted by Gasteiger charge is 2.25. The number of carbonyl (C=O) groups is 1. The molecule has 0 saturated carbocycles. The third kappa shape index (κ3) is 4.51. The van der Waals surface area contributed by atoms with Gasteiger partial charge in [0.1, 0.15) is 5.60 Å². The van der Waals surface area contributed by atoms with Gasteiger partial charge in [-0.05, 0) is 34.1 Å². The minimum Gasteiger partial charge on any atom is -0.444 e. The number of hydrogen-bond donors (Lipinski definition) is 1. The lowest BCUT2D eigenvalue weighted by atomic mass is 10.0. The average molecular weight is 215 g/mol. The maximum atomic E-state index is 11.3. The van der Waals surface area contributed by atoms with Crippen LogP contribution in [-0.4, -0.2) is 30.9 Å². The quantitative estimate of drug-likeness (QED) is 0.765. The van der Waals surface area contributed by atoms with Crippen LogP contribution in [0.1, 0.15) is 34.1 Å². The molecule has 4 nitrogen and oxygen atoms in total. The molecule has 2 atom stereocenters. The highest BCUT2D eigenvalue weighted by molar-refractivity contribution is 5.67. The van der Waals surface area contributed by atoms with Gasteiger partial charge in [-0.3, -0.25) is 0 Å². The van der Waals surface area contributed by atoms with Gasteiger partial charge < -0.3 is 14.8 Å². The van der Waals surface area contributed by atoms with Crippen LogP contribution in [0.25, 0.3) is 0 Å². The molecule has 1 saturated heterocycles. The Morgan fingerprint density at radius 2 is 2.20 bits per heavy atom. The van der Waals surface area contributed by atoms with Crippen molar-refractivity contribution in [2.75, 3.05) is 13.2 Å². The first-order valence-electron chi connectivity index (χ1n) is 5.47. The highest BCUT2D eigenvalue weighted by Crippen LogP contribution is 2.19. The maximum Gasteiger partial charge on any atom is 0.407 e. The van der Waals surface area contributed by atoms with Crippen LogP contribution < -0.4 is 5.32 Å². The van der Waals surface area contributed by atoms with E-state index in [-0.39, 0.29) is 12.2 Å². The molecule has 0 aliphatic carbocycles. The summed E-state index contributed by atoms with van der Waals surface area (Å²) in [7, 11) is 0. The number of amides is 1. The zero-order valence-corrected chi connectivity index (χ0v) is 10.0. The fourth-order valence-electron chi connectivity index (χ4n) is 1.57. The Morgan fingerprint density at radius 1 is 1.53 bits per heavy atom. The van der Waals surface area contributed by atoms with Crippen molar-refractivity contribution in [2.45, 2.75) is 45.8 Å². The smallest absolute Gasteiger partial charge is 0.407 e. The van der Waals surface area contributed by atoms with E-state index in [1.54, 1.807) is 0 Å². The summed E-state index contributed by atoms with van der Waals surface area (Å²) in [6, 6.07) is 0. The summed E-state index contributed by atoms with van der Waals surface area (Å²) in [6.45, 7) is 9.03. The van der Waals surface area contributed by atoms with Crippen LogP contribution in [0, 0.1) is 5.92 Å². The highest BCUT2D eigenvalue weighted by atomic mass is 16.6. The van der Waals surface area contributed by atoms with Crippen LogP contribution >= 0.6 is 0 Å². The zero-order chi connectivity index (χ0) is 11.5. The molecule has 0 aromatic rings. The zero-order valence-electron chi connectivity index (χ0n) is 10.0. The van der Waals surface area contributed by atoms with Crippen LogP contribution in [0.5, 0.6) is 0 Å². The summed E-state index contributed by atoms with van der Waals surface area (Å²) in [4.78, 5) is 11.3. The molecule has 4 heteroatoms. The minimum absolute atomic E-state index is 0.236. The summed E-state index contributed by atoms with van der Waals surface area (Å²) in [5.41, 5.74) is -0.429. The van der Waals surface area contributed by atoms with Gasteiger partial charge in [0.25, 0.3) is 0 Å². The van der Waals surface area contributed by atoms with E-state index in [2.05, 4.69) is 5.32 Å². The van der Waals surface area contributed by atoms with Crippen molar-refractivity contribution in [3.8, 4) is 0 Å². The molecule has 1 heterocycles. The normalized spacial score (nSPS) is 26.4. The van der Waals surface area contributed by atoms with Crippen LogP contribution in [-0.2, 0) is 9.47 Å². The maximum absolute atomic E-state index is 11.3. The van der Waals surface area contributed by atoms with E-state index in [4.69, 9.17) is 9.47 Å². The summed E-state index contributed by atoms with van der Waals surface area (Å²) >= 11 is 0. The van der Waals surface area contributed by atoms with Crippen molar-refractivity contribution in [3.05, 3.63) is 0 Å². The molecule has 1 amide bonds. The third-order valence-electron chi connectivity index (χ3n) is 2.44. The molecule has 0 radical (unpaired) electrons. The molecule has 0 aromatic carbocycles. The van der Waals surface area contributed by atoms with E-state index < -0.39 is 5.60 Å². The second-order valence-electron chi connectivity index (χ2n) is 5.01. The molecule has 1 rings (SSSR count). The topological polar surface area (TPSA) is 47.6 Å². The molecule has 15 heavy (non-hydrogen) atoms. The SMILES string of the molecule is CC1OCCC1CNC(=O)OC(C)(C)C. The van der Waals surface area contributed by atoms with Crippen LogP contribution in [0.3, 0.4) is 0 Å². The van der Waals surface area contributed by atoms with Crippen molar-refractivity contribution in [1.29, 1.82) is 0 Å². The standard InChI is InChI=1S/C11H21NO3/c1-8-9(5-6-14-8)7-12-10(13)15-11(2,3)4/h8-9H,5-7H2,1-4H3,(H,12,13). The molecule has 0 aromatic heterocycles. The first kappa shape index (κ1) is 12.3. The van der Waals surface area contributed by atoms with E-state index >= 15 is 0 Å². The molecule has 0 spiro atoms. The van der Waals surface area contributed by atoms with E-state index in [0.29, 0.717) is 12.5 Å². The predicted molar refractivity (Wildman–Crippen MR) is 57.8 cm³/mol. The van der Waals surface area contributed by atoms with Crippen molar-refractivity contribution < 1.29 is 14.3 Å². The summed E-state index contributed by atoms with van der Waals surface area (Å²) in [6.07, 6.45) is 0.901. The van der Waals surface area contributed by atoms with E-state index in [0.717, 1.165) is 13.0 Å². The van der Waals surface area contributed by atoms with Gasteiger partial charge >= 0.3 is 6.09 Å². The van der Waals surface area contributed by atoms with E-state index in [1.807, 2.05) is 27.7 Å². The second-order valence-corrected chi connectivity index (χ2v) is 5.01. The number of nitrogens with one attached hydrogen (secondary N) is 1. The number of alkyl carbamates (subject to hydrolysis) is 1. The summed E-state index contributed by atoms with van der Waals surface area (Å²) in [5, 5.41) is 2.77. The summed E-state index contributed by atoms with van der Waals surface area (Å²) in [5.74, 6) is 0.414. The Kier molecular flexibility index (Phi) is 3.97. The van der Waals surface area contributed by atoms with Gasteiger partial charge in [-0.2, -0.15) is 0 Å².